The highest BCUT2D eigenvalue weighted by atomic mass is 79.9. The molecule has 1 aliphatic heterocycles. The van der Waals surface area contributed by atoms with Crippen LogP contribution in [0.15, 0.2) is 38.2 Å². The lowest BCUT2D eigenvalue weighted by molar-refractivity contribution is 0.165. The lowest BCUT2D eigenvalue weighted by Crippen LogP contribution is -2.48. The van der Waals surface area contributed by atoms with Crippen molar-refractivity contribution in [2.24, 2.45) is 0 Å². The summed E-state index contributed by atoms with van der Waals surface area (Å²) >= 11 is 3.35. The summed E-state index contributed by atoms with van der Waals surface area (Å²) in [5.74, 6) is 1.18. The summed E-state index contributed by atoms with van der Waals surface area (Å²) in [4.78, 5) is 2.36. The Labute approximate surface area is 162 Å². The van der Waals surface area contributed by atoms with Crippen LogP contribution in [0.2, 0.25) is 0 Å². The minimum atomic E-state index is -3.61. The molecular formula is C17H22BrN3O4S. The number of ether oxygens (including phenoxy) is 1. The number of aromatic nitrogens is 1. The molecule has 0 bridgehead atoms. The largest absolute Gasteiger partial charge is 0.492 e. The van der Waals surface area contributed by atoms with Crippen LogP contribution in [-0.2, 0) is 16.6 Å². The summed E-state index contributed by atoms with van der Waals surface area (Å²) in [6.45, 7) is 6.88. The lowest BCUT2D eigenvalue weighted by Gasteiger charge is -2.33. The summed E-state index contributed by atoms with van der Waals surface area (Å²) in [6, 6.07) is 6.97. The van der Waals surface area contributed by atoms with Crippen LogP contribution in [0, 0.1) is 6.92 Å². The molecule has 2 heterocycles. The fourth-order valence-corrected chi connectivity index (χ4v) is 5.03. The number of sulfonamides is 1. The van der Waals surface area contributed by atoms with Gasteiger partial charge in [-0.2, -0.15) is 4.31 Å². The van der Waals surface area contributed by atoms with Gasteiger partial charge in [-0.25, -0.2) is 8.42 Å². The van der Waals surface area contributed by atoms with Crippen LogP contribution in [-0.4, -0.2) is 55.6 Å². The van der Waals surface area contributed by atoms with Crippen molar-refractivity contribution in [1.29, 1.82) is 0 Å². The molecular weight excluding hydrogens is 422 g/mol. The van der Waals surface area contributed by atoms with Gasteiger partial charge in [-0.1, -0.05) is 21.1 Å². The maximum atomic E-state index is 13.1. The van der Waals surface area contributed by atoms with Crippen LogP contribution in [0.1, 0.15) is 18.4 Å². The minimum Gasteiger partial charge on any atom is -0.492 e. The number of rotatable bonds is 6. The Morgan fingerprint density at radius 1 is 1.23 bits per heavy atom. The molecule has 0 atom stereocenters. The van der Waals surface area contributed by atoms with Gasteiger partial charge < -0.3 is 9.26 Å². The molecule has 1 aromatic carbocycles. The van der Waals surface area contributed by atoms with Gasteiger partial charge in [0.05, 0.1) is 18.8 Å². The Bertz CT molecular complexity index is 861. The molecule has 7 nitrogen and oxygen atoms in total. The molecule has 3 rings (SSSR count). The summed E-state index contributed by atoms with van der Waals surface area (Å²) in [5, 5.41) is 3.89. The average molecular weight is 444 g/mol. The zero-order valence-electron chi connectivity index (χ0n) is 14.8. The van der Waals surface area contributed by atoms with Gasteiger partial charge >= 0.3 is 0 Å². The van der Waals surface area contributed by atoms with Crippen LogP contribution in [0.4, 0.5) is 0 Å². The van der Waals surface area contributed by atoms with E-state index in [1.54, 1.807) is 18.2 Å². The average Bonchev–Trinajstić information content (AvgIpc) is 3.02. The lowest BCUT2D eigenvalue weighted by atomic mass is 10.3. The predicted octanol–water partition coefficient (Wildman–Crippen LogP) is 2.65. The normalized spacial score (nSPS) is 16.7. The van der Waals surface area contributed by atoms with Crippen molar-refractivity contribution in [2.75, 3.05) is 32.8 Å². The van der Waals surface area contributed by atoms with Crippen molar-refractivity contribution < 1.29 is 17.7 Å². The molecule has 0 unspecified atom stereocenters. The maximum Gasteiger partial charge on any atom is 0.246 e. The SMILES string of the molecule is CCOc1ccc(Br)cc1S(=O)(=O)N1CCN(Cc2cc(C)no2)CC1. The van der Waals surface area contributed by atoms with Gasteiger partial charge in [0.1, 0.15) is 10.6 Å². The van der Waals surface area contributed by atoms with E-state index in [4.69, 9.17) is 9.26 Å². The van der Waals surface area contributed by atoms with Crippen molar-refractivity contribution >= 4 is 26.0 Å². The number of nitrogens with zero attached hydrogens (tertiary/aromatic N) is 3. The fourth-order valence-electron chi connectivity index (χ4n) is 2.94. The second-order valence-corrected chi connectivity index (χ2v) is 8.96. The van der Waals surface area contributed by atoms with Crippen LogP contribution >= 0.6 is 15.9 Å². The van der Waals surface area contributed by atoms with E-state index in [1.807, 2.05) is 19.9 Å². The van der Waals surface area contributed by atoms with Crippen molar-refractivity contribution in [3.8, 4) is 5.75 Å². The topological polar surface area (TPSA) is 75.9 Å². The fraction of sp³-hybridized carbons (Fsp3) is 0.471. The van der Waals surface area contributed by atoms with Crippen LogP contribution in [0.25, 0.3) is 0 Å². The Morgan fingerprint density at radius 2 is 1.96 bits per heavy atom. The molecule has 0 radical (unpaired) electrons. The minimum absolute atomic E-state index is 0.202. The van der Waals surface area contributed by atoms with Gasteiger partial charge in [0.25, 0.3) is 0 Å². The zero-order valence-corrected chi connectivity index (χ0v) is 17.2. The number of halogens is 1. The van der Waals surface area contributed by atoms with Crippen molar-refractivity contribution in [3.63, 3.8) is 0 Å². The first-order chi connectivity index (χ1) is 12.4. The first-order valence-electron chi connectivity index (χ1n) is 8.47. The third-order valence-electron chi connectivity index (χ3n) is 4.21. The van der Waals surface area contributed by atoms with Gasteiger partial charge in [-0.05, 0) is 32.0 Å². The molecule has 1 saturated heterocycles. The van der Waals surface area contributed by atoms with E-state index >= 15 is 0 Å². The monoisotopic (exact) mass is 443 g/mol. The van der Waals surface area contributed by atoms with E-state index in [0.29, 0.717) is 49.6 Å². The summed E-state index contributed by atoms with van der Waals surface area (Å²) < 4.78 is 39.1. The summed E-state index contributed by atoms with van der Waals surface area (Å²) in [6.07, 6.45) is 0. The maximum absolute atomic E-state index is 13.1. The number of piperazine rings is 1. The molecule has 1 aromatic heterocycles. The predicted molar refractivity (Wildman–Crippen MR) is 101 cm³/mol. The van der Waals surface area contributed by atoms with E-state index in [1.165, 1.54) is 4.31 Å². The van der Waals surface area contributed by atoms with Crippen molar-refractivity contribution in [1.82, 2.24) is 14.4 Å². The van der Waals surface area contributed by atoms with E-state index in [-0.39, 0.29) is 4.90 Å². The van der Waals surface area contributed by atoms with Gasteiger partial charge in [0, 0.05) is 36.7 Å². The van der Waals surface area contributed by atoms with Gasteiger partial charge in [0.2, 0.25) is 10.0 Å². The first-order valence-corrected chi connectivity index (χ1v) is 10.7. The summed E-state index contributed by atoms with van der Waals surface area (Å²) in [5.41, 5.74) is 0.847. The molecule has 1 aliphatic rings. The van der Waals surface area contributed by atoms with Gasteiger partial charge in [-0.15, -0.1) is 0 Å². The van der Waals surface area contributed by atoms with Crippen LogP contribution in [0.3, 0.4) is 0 Å². The molecule has 0 saturated carbocycles. The molecule has 0 aliphatic carbocycles. The quantitative estimate of drug-likeness (QED) is 0.682. The standard InChI is InChI=1S/C17H22BrN3O4S/c1-3-24-16-5-4-14(18)11-17(16)26(22,23)21-8-6-20(7-9-21)12-15-10-13(2)19-25-15/h4-5,10-11H,3,6-9,12H2,1-2H3. The Morgan fingerprint density at radius 3 is 2.58 bits per heavy atom. The first kappa shape index (κ1) is 19.3. The van der Waals surface area contributed by atoms with E-state index in [9.17, 15) is 8.42 Å². The number of hydrogen-bond acceptors (Lipinski definition) is 6. The highest BCUT2D eigenvalue weighted by Crippen LogP contribution is 2.30. The Balaban J connectivity index is 1.71. The van der Waals surface area contributed by atoms with Crippen LogP contribution < -0.4 is 4.74 Å². The Kier molecular flexibility index (Phi) is 6.01. The molecule has 0 amide bonds. The van der Waals surface area contributed by atoms with E-state index in [2.05, 4.69) is 26.0 Å². The third kappa shape index (κ3) is 4.28. The zero-order chi connectivity index (χ0) is 18.7. The number of benzene rings is 1. The van der Waals surface area contributed by atoms with E-state index < -0.39 is 10.0 Å². The second kappa shape index (κ2) is 8.08. The molecule has 142 valence electrons. The molecule has 26 heavy (non-hydrogen) atoms. The van der Waals surface area contributed by atoms with E-state index in [0.717, 1.165) is 11.5 Å². The van der Waals surface area contributed by atoms with Gasteiger partial charge in [-0.3, -0.25) is 4.90 Å². The van der Waals surface area contributed by atoms with Gasteiger partial charge in [0.15, 0.2) is 5.76 Å². The third-order valence-corrected chi connectivity index (χ3v) is 6.62. The van der Waals surface area contributed by atoms with Crippen molar-refractivity contribution in [2.45, 2.75) is 25.3 Å². The summed E-state index contributed by atoms with van der Waals surface area (Å²) in [7, 11) is -3.61. The number of aryl methyl sites for hydroxylation is 1. The highest BCUT2D eigenvalue weighted by molar-refractivity contribution is 9.10. The molecule has 1 fully saturated rings. The highest BCUT2D eigenvalue weighted by Gasteiger charge is 2.31. The number of hydrogen-bond donors (Lipinski definition) is 0. The molecule has 2 aromatic rings. The smallest absolute Gasteiger partial charge is 0.246 e. The Hall–Kier alpha value is -1.42. The molecule has 0 spiro atoms. The molecule has 9 heteroatoms. The van der Waals surface area contributed by atoms with Crippen LogP contribution in [0.5, 0.6) is 5.75 Å². The van der Waals surface area contributed by atoms with Crippen molar-refractivity contribution in [3.05, 3.63) is 40.2 Å². The molecule has 0 N–H and O–H groups in total. The second-order valence-electron chi connectivity index (χ2n) is 6.14.